The van der Waals surface area contributed by atoms with Gasteiger partial charge >= 0.3 is 0 Å². The summed E-state index contributed by atoms with van der Waals surface area (Å²) in [6.45, 7) is 5.70. The van der Waals surface area contributed by atoms with Gasteiger partial charge in [0.2, 0.25) is 0 Å². The van der Waals surface area contributed by atoms with Crippen LogP contribution in [-0.2, 0) is 19.5 Å². The van der Waals surface area contributed by atoms with Gasteiger partial charge < -0.3 is 14.7 Å². The first-order valence-electron chi connectivity index (χ1n) is 10.6. The first-order valence-corrected chi connectivity index (χ1v) is 10.6. The maximum absolute atomic E-state index is 13.2. The fraction of sp³-hybridized carbons (Fsp3) is 0.375. The zero-order chi connectivity index (χ0) is 22.0. The quantitative estimate of drug-likeness (QED) is 0.557. The number of amides is 1. The van der Waals surface area contributed by atoms with E-state index in [1.807, 2.05) is 18.2 Å². The molecule has 0 saturated carbocycles. The van der Waals surface area contributed by atoms with Crippen LogP contribution in [0.5, 0.6) is 11.5 Å². The third kappa shape index (κ3) is 4.33. The average Bonchev–Trinajstić information content (AvgIpc) is 3.33. The van der Waals surface area contributed by atoms with Gasteiger partial charge in [-0.2, -0.15) is 10.4 Å². The van der Waals surface area contributed by atoms with Crippen LogP contribution in [-0.4, -0.2) is 32.7 Å². The van der Waals surface area contributed by atoms with E-state index < -0.39 is 0 Å². The van der Waals surface area contributed by atoms with Crippen LogP contribution in [0.2, 0.25) is 0 Å². The number of aromatic amines is 1. The first-order chi connectivity index (χ1) is 15.0. The molecule has 0 atom stereocenters. The maximum atomic E-state index is 13.2. The summed E-state index contributed by atoms with van der Waals surface area (Å²) in [4.78, 5) is 15.0. The summed E-state index contributed by atoms with van der Waals surface area (Å²) < 4.78 is 5.71. The van der Waals surface area contributed by atoms with Crippen molar-refractivity contribution < 1.29 is 14.6 Å². The third-order valence-corrected chi connectivity index (χ3v) is 5.48. The number of phenolic OH excluding ortho intramolecular Hbond substituents is 1. The zero-order valence-electron chi connectivity index (χ0n) is 17.8. The fourth-order valence-corrected chi connectivity index (χ4v) is 3.95. The van der Waals surface area contributed by atoms with E-state index in [0.717, 1.165) is 34.4 Å². The molecule has 2 aromatic carbocycles. The summed E-state index contributed by atoms with van der Waals surface area (Å²) >= 11 is 0. The Balaban J connectivity index is 1.52. The van der Waals surface area contributed by atoms with Crippen LogP contribution in [0.4, 0.5) is 0 Å². The summed E-state index contributed by atoms with van der Waals surface area (Å²) in [5.74, 6) is 0.925. The molecule has 0 unspecified atom stereocenters. The number of aromatic hydroxyl groups is 1. The highest BCUT2D eigenvalue weighted by Gasteiger charge is 2.27. The van der Waals surface area contributed by atoms with Gasteiger partial charge in [-0.15, -0.1) is 0 Å². The lowest BCUT2D eigenvalue weighted by molar-refractivity contribution is 0.0748. The Kier molecular flexibility index (Phi) is 5.81. The Morgan fingerprint density at radius 2 is 2.10 bits per heavy atom. The molecule has 0 radical (unpaired) electrons. The van der Waals surface area contributed by atoms with Crippen molar-refractivity contribution in [2.75, 3.05) is 6.61 Å². The number of carbonyl (C=O) groups excluding carboxylic acids is 1. The Labute approximate surface area is 181 Å². The van der Waals surface area contributed by atoms with Crippen LogP contribution in [0.25, 0.3) is 10.9 Å². The van der Waals surface area contributed by atoms with Crippen LogP contribution >= 0.6 is 0 Å². The molecule has 0 bridgehead atoms. The molecule has 4 rings (SSSR count). The molecule has 160 valence electrons. The number of phenols is 1. The van der Waals surface area contributed by atoms with E-state index in [1.54, 1.807) is 17.0 Å². The zero-order valence-corrected chi connectivity index (χ0v) is 17.8. The number of hydrogen-bond acceptors (Lipinski definition) is 5. The minimum absolute atomic E-state index is 0.0578. The molecule has 0 fully saturated rings. The lowest BCUT2D eigenvalue weighted by atomic mass is 10.0. The molecular formula is C24H26N4O3. The molecule has 3 aromatic rings. The van der Waals surface area contributed by atoms with E-state index in [0.29, 0.717) is 49.5 Å². The van der Waals surface area contributed by atoms with Crippen molar-refractivity contribution in [3.05, 3.63) is 52.7 Å². The van der Waals surface area contributed by atoms with Gasteiger partial charge in [0.15, 0.2) is 0 Å². The first kappa shape index (κ1) is 20.7. The number of nitriles is 1. The number of carbonyl (C=O) groups is 1. The molecule has 1 aliphatic rings. The maximum Gasteiger partial charge on any atom is 0.258 e. The van der Waals surface area contributed by atoms with Crippen molar-refractivity contribution in [2.45, 2.75) is 46.2 Å². The molecule has 1 aliphatic heterocycles. The summed E-state index contributed by atoms with van der Waals surface area (Å²) in [6.07, 6.45) is 1.98. The molecule has 1 aromatic heterocycles. The Morgan fingerprint density at radius 3 is 2.87 bits per heavy atom. The van der Waals surface area contributed by atoms with Crippen LogP contribution in [0, 0.1) is 17.2 Å². The van der Waals surface area contributed by atoms with E-state index >= 15 is 0 Å². The smallest absolute Gasteiger partial charge is 0.258 e. The second kappa shape index (κ2) is 8.68. The number of nitrogens with one attached hydrogen (secondary N) is 1. The van der Waals surface area contributed by atoms with E-state index in [4.69, 9.17) is 10.00 Å². The van der Waals surface area contributed by atoms with Crippen LogP contribution in [0.15, 0.2) is 30.3 Å². The van der Waals surface area contributed by atoms with Gasteiger partial charge in [0, 0.05) is 36.7 Å². The minimum Gasteiger partial charge on any atom is -0.507 e. The van der Waals surface area contributed by atoms with Gasteiger partial charge in [0.25, 0.3) is 5.91 Å². The molecule has 1 amide bonds. The number of fused-ring (bicyclic) bond motifs is 2. The molecular weight excluding hydrogens is 392 g/mol. The fourth-order valence-electron chi connectivity index (χ4n) is 3.95. The van der Waals surface area contributed by atoms with Crippen molar-refractivity contribution in [1.82, 2.24) is 15.1 Å². The van der Waals surface area contributed by atoms with Gasteiger partial charge in [-0.05, 0) is 48.1 Å². The van der Waals surface area contributed by atoms with Crippen LogP contribution in [0.1, 0.15) is 53.9 Å². The van der Waals surface area contributed by atoms with Gasteiger partial charge in [0.05, 0.1) is 23.8 Å². The SMILES string of the molecule is CC(C)Cc1[nH]nc2cc(O)c(C(=O)N3Cc4ccc(OCCCC#N)cc4C3)cc12. The Morgan fingerprint density at radius 1 is 1.29 bits per heavy atom. The highest BCUT2D eigenvalue weighted by molar-refractivity contribution is 6.01. The second-order valence-corrected chi connectivity index (χ2v) is 8.39. The van der Waals surface area contributed by atoms with E-state index in [2.05, 4.69) is 30.1 Å². The lowest BCUT2D eigenvalue weighted by Crippen LogP contribution is -2.25. The van der Waals surface area contributed by atoms with Crippen molar-refractivity contribution in [3.8, 4) is 17.6 Å². The predicted octanol–water partition coefficient (Wildman–Crippen LogP) is 4.31. The third-order valence-electron chi connectivity index (χ3n) is 5.48. The number of benzene rings is 2. The van der Waals surface area contributed by atoms with Crippen molar-refractivity contribution in [2.24, 2.45) is 5.92 Å². The van der Waals surface area contributed by atoms with E-state index in [1.165, 1.54) is 0 Å². The summed E-state index contributed by atoms with van der Waals surface area (Å²) in [5, 5.41) is 27.3. The molecule has 0 spiro atoms. The van der Waals surface area contributed by atoms with Crippen LogP contribution < -0.4 is 4.74 Å². The normalized spacial score (nSPS) is 12.9. The number of aromatic nitrogens is 2. The second-order valence-electron chi connectivity index (χ2n) is 8.39. The van der Waals surface area contributed by atoms with Gasteiger partial charge in [-0.1, -0.05) is 19.9 Å². The summed E-state index contributed by atoms with van der Waals surface area (Å²) in [6, 6.07) is 11.2. The van der Waals surface area contributed by atoms with E-state index in [-0.39, 0.29) is 11.7 Å². The number of rotatable bonds is 7. The van der Waals surface area contributed by atoms with Crippen molar-refractivity contribution in [3.63, 3.8) is 0 Å². The molecule has 0 saturated heterocycles. The molecule has 2 N–H and O–H groups in total. The lowest BCUT2D eigenvalue weighted by Gasteiger charge is -2.16. The number of ether oxygens (including phenoxy) is 1. The molecule has 7 heteroatoms. The van der Waals surface area contributed by atoms with Gasteiger partial charge in [0.1, 0.15) is 11.5 Å². The predicted molar refractivity (Wildman–Crippen MR) is 117 cm³/mol. The number of nitrogens with zero attached hydrogens (tertiary/aromatic N) is 3. The Hall–Kier alpha value is -3.53. The highest BCUT2D eigenvalue weighted by Crippen LogP contribution is 2.32. The summed E-state index contributed by atoms with van der Waals surface area (Å²) in [5.41, 5.74) is 4.03. The number of hydrogen-bond donors (Lipinski definition) is 2. The van der Waals surface area contributed by atoms with Gasteiger partial charge in [-0.3, -0.25) is 9.89 Å². The van der Waals surface area contributed by atoms with Crippen LogP contribution in [0.3, 0.4) is 0 Å². The minimum atomic E-state index is -0.205. The van der Waals surface area contributed by atoms with Gasteiger partial charge in [-0.25, -0.2) is 0 Å². The van der Waals surface area contributed by atoms with Crippen molar-refractivity contribution >= 4 is 16.8 Å². The Bertz CT molecular complexity index is 1160. The molecule has 31 heavy (non-hydrogen) atoms. The number of H-pyrrole nitrogens is 1. The average molecular weight is 418 g/mol. The largest absolute Gasteiger partial charge is 0.507 e. The monoisotopic (exact) mass is 418 g/mol. The summed E-state index contributed by atoms with van der Waals surface area (Å²) in [7, 11) is 0. The van der Waals surface area contributed by atoms with E-state index in [9.17, 15) is 9.90 Å². The topological polar surface area (TPSA) is 102 Å². The number of unbranched alkanes of at least 4 members (excludes halogenated alkanes) is 1. The molecule has 7 nitrogen and oxygen atoms in total. The standard InChI is InChI=1S/C24H26N4O3/c1-15(2)9-21-19-11-20(23(29)12-22(19)27-26-21)24(30)28-13-16-5-6-18(10-17(16)14-28)31-8-4-3-7-25/h5-6,10-12,15,29H,3-4,8-9,13-14H2,1-2H3,(H,26,27). The molecule has 0 aliphatic carbocycles. The molecule has 2 heterocycles. The highest BCUT2D eigenvalue weighted by atomic mass is 16.5. The van der Waals surface area contributed by atoms with Crippen molar-refractivity contribution in [1.29, 1.82) is 5.26 Å².